The van der Waals surface area contributed by atoms with E-state index in [0.717, 1.165) is 4.74 Å². The number of nitrogens with zero attached hydrogens (tertiary/aromatic N) is 2. The molecule has 3 rings (SSSR count). The Morgan fingerprint density at radius 1 is 1.23 bits per heavy atom. The van der Waals surface area contributed by atoms with Crippen molar-refractivity contribution in [1.29, 1.82) is 0 Å². The summed E-state index contributed by atoms with van der Waals surface area (Å²) in [5.74, 6) is -1.09. The second kappa shape index (κ2) is 11.0. The standard InChI is InChI=1S/C20H25ClN2O6.ClH/c1-13(2)28-15(12-22-8-10-27-11-9-22)17(20(25)26)23-19(24)16(21)18(29-23)14-6-4-3-5-7-14;/h3-7,13,15,17H,8-12H2,1-2H3,(H,25,26);1H. The number of benzene rings is 1. The van der Waals surface area contributed by atoms with Crippen LogP contribution in [0.2, 0.25) is 5.02 Å². The molecule has 1 fully saturated rings. The van der Waals surface area contributed by atoms with Crippen molar-refractivity contribution >= 4 is 30.0 Å². The molecule has 0 spiro atoms. The van der Waals surface area contributed by atoms with Gasteiger partial charge in [0.15, 0.2) is 16.8 Å². The first-order chi connectivity index (χ1) is 13.9. The van der Waals surface area contributed by atoms with Crippen molar-refractivity contribution in [2.45, 2.75) is 32.1 Å². The smallest absolute Gasteiger partial charge is 0.332 e. The van der Waals surface area contributed by atoms with E-state index in [4.69, 9.17) is 25.6 Å². The van der Waals surface area contributed by atoms with Gasteiger partial charge in [0, 0.05) is 25.2 Å². The van der Waals surface area contributed by atoms with Crippen LogP contribution in [0.1, 0.15) is 19.9 Å². The molecule has 1 aromatic carbocycles. The van der Waals surface area contributed by atoms with Crippen LogP contribution in [0.15, 0.2) is 39.6 Å². The van der Waals surface area contributed by atoms with Crippen LogP contribution in [0.5, 0.6) is 0 Å². The minimum atomic E-state index is -1.36. The number of morpholine rings is 1. The maximum absolute atomic E-state index is 12.8. The van der Waals surface area contributed by atoms with Gasteiger partial charge in [0.2, 0.25) is 0 Å². The van der Waals surface area contributed by atoms with Gasteiger partial charge in [-0.2, -0.15) is 4.74 Å². The highest BCUT2D eigenvalue weighted by atomic mass is 35.5. The van der Waals surface area contributed by atoms with E-state index in [0.29, 0.717) is 38.4 Å². The van der Waals surface area contributed by atoms with Crippen molar-refractivity contribution in [3.8, 4) is 11.3 Å². The molecule has 0 amide bonds. The van der Waals surface area contributed by atoms with E-state index in [-0.39, 0.29) is 29.3 Å². The van der Waals surface area contributed by atoms with Crippen LogP contribution in [0, 0.1) is 0 Å². The minimum absolute atomic E-state index is 0. The molecule has 0 radical (unpaired) electrons. The first-order valence-corrected chi connectivity index (χ1v) is 9.91. The third kappa shape index (κ3) is 5.65. The number of ether oxygens (including phenoxy) is 2. The molecule has 10 heteroatoms. The number of carboxylic acids is 1. The summed E-state index contributed by atoms with van der Waals surface area (Å²) in [6.45, 7) is 6.41. The number of hydrogen-bond acceptors (Lipinski definition) is 6. The largest absolute Gasteiger partial charge is 0.480 e. The van der Waals surface area contributed by atoms with Gasteiger partial charge >= 0.3 is 11.5 Å². The van der Waals surface area contributed by atoms with Crippen LogP contribution in [0.25, 0.3) is 11.3 Å². The third-order valence-corrected chi connectivity index (χ3v) is 4.99. The minimum Gasteiger partial charge on any atom is -0.480 e. The van der Waals surface area contributed by atoms with Crippen LogP contribution in [0.3, 0.4) is 0 Å². The van der Waals surface area contributed by atoms with Crippen LogP contribution in [0.4, 0.5) is 0 Å². The highest BCUT2D eigenvalue weighted by Gasteiger charge is 2.37. The number of aliphatic carboxylic acids is 1. The molecule has 1 N–H and O–H groups in total. The lowest BCUT2D eigenvalue weighted by atomic mass is 10.1. The van der Waals surface area contributed by atoms with E-state index >= 15 is 0 Å². The number of rotatable bonds is 8. The lowest BCUT2D eigenvalue weighted by Gasteiger charge is -2.33. The van der Waals surface area contributed by atoms with Crippen molar-refractivity contribution in [3.05, 3.63) is 45.7 Å². The Hall–Kier alpha value is -1.84. The number of halogens is 2. The van der Waals surface area contributed by atoms with E-state index < -0.39 is 23.7 Å². The van der Waals surface area contributed by atoms with Crippen LogP contribution in [-0.4, -0.2) is 65.8 Å². The zero-order chi connectivity index (χ0) is 21.0. The van der Waals surface area contributed by atoms with Crippen molar-refractivity contribution in [3.63, 3.8) is 0 Å². The zero-order valence-corrected chi connectivity index (χ0v) is 18.4. The van der Waals surface area contributed by atoms with Crippen molar-refractivity contribution < 1.29 is 23.9 Å². The van der Waals surface area contributed by atoms with Crippen LogP contribution in [-0.2, 0) is 14.3 Å². The predicted molar refractivity (Wildman–Crippen MR) is 115 cm³/mol. The summed E-state index contributed by atoms with van der Waals surface area (Å²) in [6, 6.07) is 7.49. The molecule has 30 heavy (non-hydrogen) atoms. The number of hydrogen-bond donors (Lipinski definition) is 1. The normalized spacial score (nSPS) is 16.8. The summed E-state index contributed by atoms with van der Waals surface area (Å²) in [6.07, 6.45) is -1.05. The van der Waals surface area contributed by atoms with E-state index in [9.17, 15) is 14.7 Å². The monoisotopic (exact) mass is 460 g/mol. The Morgan fingerprint density at radius 3 is 2.43 bits per heavy atom. The van der Waals surface area contributed by atoms with Crippen molar-refractivity contribution in [1.82, 2.24) is 9.64 Å². The van der Waals surface area contributed by atoms with Gasteiger partial charge < -0.3 is 19.1 Å². The number of carbonyl (C=O) groups is 1. The van der Waals surface area contributed by atoms with Crippen LogP contribution >= 0.6 is 24.0 Å². The highest BCUT2D eigenvalue weighted by molar-refractivity contribution is 6.32. The Kier molecular flexibility index (Phi) is 8.93. The lowest BCUT2D eigenvalue weighted by molar-refractivity contribution is -0.152. The fraction of sp³-hybridized carbons (Fsp3) is 0.500. The molecule has 0 saturated carbocycles. The average molecular weight is 461 g/mol. The van der Waals surface area contributed by atoms with Gasteiger partial charge in [-0.05, 0) is 13.8 Å². The molecule has 1 aromatic heterocycles. The Labute approximate surface area is 185 Å². The van der Waals surface area contributed by atoms with Gasteiger partial charge in [0.25, 0.3) is 0 Å². The van der Waals surface area contributed by atoms with Gasteiger partial charge in [-0.3, -0.25) is 9.69 Å². The third-order valence-electron chi connectivity index (χ3n) is 4.66. The quantitative estimate of drug-likeness (QED) is 0.646. The molecule has 2 aromatic rings. The molecule has 8 nitrogen and oxygen atoms in total. The predicted octanol–water partition coefficient (Wildman–Crippen LogP) is 2.94. The zero-order valence-electron chi connectivity index (χ0n) is 16.8. The molecular weight excluding hydrogens is 435 g/mol. The maximum atomic E-state index is 12.8. The summed E-state index contributed by atoms with van der Waals surface area (Å²) < 4.78 is 17.8. The van der Waals surface area contributed by atoms with Crippen molar-refractivity contribution in [2.75, 3.05) is 32.8 Å². The molecule has 2 atom stereocenters. The summed E-state index contributed by atoms with van der Waals surface area (Å²) in [5.41, 5.74) is -0.107. The SMILES string of the molecule is CC(C)OC(CN1CCOCC1)C(C(=O)O)n1oc(-c2ccccc2)c(Cl)c1=O.Cl. The molecule has 0 aliphatic carbocycles. The lowest BCUT2D eigenvalue weighted by Crippen LogP contribution is -2.48. The van der Waals surface area contributed by atoms with Crippen molar-refractivity contribution in [2.24, 2.45) is 0 Å². The summed E-state index contributed by atoms with van der Waals surface area (Å²) >= 11 is 6.21. The molecule has 2 unspecified atom stereocenters. The summed E-state index contributed by atoms with van der Waals surface area (Å²) in [5, 5.41) is 9.79. The maximum Gasteiger partial charge on any atom is 0.332 e. The van der Waals surface area contributed by atoms with E-state index in [1.54, 1.807) is 24.3 Å². The number of aromatic nitrogens is 1. The van der Waals surface area contributed by atoms with Gasteiger partial charge in [-0.15, -0.1) is 12.4 Å². The second-order valence-corrected chi connectivity index (χ2v) is 7.53. The van der Waals surface area contributed by atoms with Gasteiger partial charge in [0.05, 0.1) is 19.3 Å². The fourth-order valence-corrected chi connectivity index (χ4v) is 3.57. The van der Waals surface area contributed by atoms with E-state index in [1.807, 2.05) is 19.9 Å². The second-order valence-electron chi connectivity index (χ2n) is 7.15. The molecule has 1 aliphatic heterocycles. The molecule has 166 valence electrons. The van der Waals surface area contributed by atoms with E-state index in [2.05, 4.69) is 4.90 Å². The topological polar surface area (TPSA) is 94.1 Å². The Balaban J connectivity index is 0.00000320. The highest BCUT2D eigenvalue weighted by Crippen LogP contribution is 2.28. The fourth-order valence-electron chi connectivity index (χ4n) is 3.34. The van der Waals surface area contributed by atoms with E-state index in [1.165, 1.54) is 0 Å². The molecule has 0 bridgehead atoms. The molecule has 1 saturated heterocycles. The molecule has 1 aliphatic rings. The molecular formula is C20H26Cl2N2O6. The Bertz CT molecular complexity index is 877. The summed E-state index contributed by atoms with van der Waals surface area (Å²) in [7, 11) is 0. The summed E-state index contributed by atoms with van der Waals surface area (Å²) in [4.78, 5) is 27.0. The first-order valence-electron chi connectivity index (χ1n) is 9.53. The average Bonchev–Trinajstić information content (AvgIpc) is 2.98. The Morgan fingerprint density at radius 2 is 1.87 bits per heavy atom. The first kappa shape index (κ1) is 24.4. The van der Waals surface area contributed by atoms with Gasteiger partial charge in [-0.1, -0.05) is 41.9 Å². The van der Waals surface area contributed by atoms with Gasteiger partial charge in [-0.25, -0.2) is 4.79 Å². The number of carboxylic acid groups (broad SMARTS) is 1. The van der Waals surface area contributed by atoms with Crippen LogP contribution < -0.4 is 5.56 Å². The van der Waals surface area contributed by atoms with Gasteiger partial charge in [0.1, 0.15) is 6.10 Å². The molecule has 2 heterocycles.